The maximum Gasteiger partial charge on any atom is 0.123 e. The molecule has 1 fully saturated rings. The molecule has 1 aromatic heterocycles. The lowest BCUT2D eigenvalue weighted by Crippen LogP contribution is -2.34. The second-order valence-electron chi connectivity index (χ2n) is 7.00. The molecule has 1 atom stereocenters. The maximum atomic E-state index is 13.3. The number of aromatic nitrogens is 2. The fourth-order valence-electron chi connectivity index (χ4n) is 3.75. The van der Waals surface area contributed by atoms with Gasteiger partial charge in [-0.25, -0.2) is 8.78 Å². The van der Waals surface area contributed by atoms with Crippen molar-refractivity contribution in [1.82, 2.24) is 14.9 Å². The van der Waals surface area contributed by atoms with Gasteiger partial charge in [-0.15, -0.1) is 0 Å². The van der Waals surface area contributed by atoms with Crippen LogP contribution in [0.5, 0.6) is 0 Å². The van der Waals surface area contributed by atoms with Crippen LogP contribution in [0.4, 0.5) is 8.78 Å². The van der Waals surface area contributed by atoms with Crippen molar-refractivity contribution < 1.29 is 8.78 Å². The van der Waals surface area contributed by atoms with Gasteiger partial charge in [0.1, 0.15) is 11.6 Å². The third kappa shape index (κ3) is 4.19. The van der Waals surface area contributed by atoms with Gasteiger partial charge in [-0.3, -0.25) is 14.9 Å². The summed E-state index contributed by atoms with van der Waals surface area (Å²) >= 11 is 0. The monoisotopic (exact) mass is 365 g/mol. The smallest absolute Gasteiger partial charge is 0.123 e. The minimum Gasteiger partial charge on any atom is -0.298 e. The first-order valence-corrected chi connectivity index (χ1v) is 9.23. The van der Waals surface area contributed by atoms with Gasteiger partial charge in [0.25, 0.3) is 0 Å². The third-order valence-corrected chi connectivity index (χ3v) is 5.06. The summed E-state index contributed by atoms with van der Waals surface area (Å²) in [6, 6.07) is 13.1. The van der Waals surface area contributed by atoms with E-state index < -0.39 is 0 Å². The van der Waals surface area contributed by atoms with Crippen molar-refractivity contribution in [2.24, 2.45) is 0 Å². The molecule has 1 aliphatic heterocycles. The number of nitrogens with zero attached hydrogens (tertiary/aromatic N) is 3. The molecule has 0 N–H and O–H groups in total. The van der Waals surface area contributed by atoms with Crippen LogP contribution in [0.3, 0.4) is 0 Å². The Balaban J connectivity index is 1.54. The summed E-state index contributed by atoms with van der Waals surface area (Å²) in [6.45, 7) is 2.69. The third-order valence-electron chi connectivity index (χ3n) is 5.06. The number of rotatable bonds is 4. The molecule has 4 rings (SSSR count). The van der Waals surface area contributed by atoms with Crippen molar-refractivity contribution in [2.75, 3.05) is 13.1 Å². The summed E-state index contributed by atoms with van der Waals surface area (Å²) in [5.41, 5.74) is 3.78. The van der Waals surface area contributed by atoms with E-state index in [9.17, 15) is 8.78 Å². The molecule has 5 heteroatoms. The highest BCUT2D eigenvalue weighted by molar-refractivity contribution is 5.62. The summed E-state index contributed by atoms with van der Waals surface area (Å²) in [5.74, 6) is -0.195. The summed E-state index contributed by atoms with van der Waals surface area (Å²) < 4.78 is 26.4. The van der Waals surface area contributed by atoms with E-state index in [2.05, 4.69) is 14.9 Å². The topological polar surface area (TPSA) is 29.0 Å². The van der Waals surface area contributed by atoms with Crippen LogP contribution in [-0.2, 0) is 6.54 Å². The SMILES string of the molecule is Fc1ccc(CN2CCC[C@@H](c3nccnc3-c3ccc(F)cc3)C2)cc1. The molecule has 0 spiro atoms. The van der Waals surface area contributed by atoms with E-state index in [1.54, 1.807) is 24.5 Å². The van der Waals surface area contributed by atoms with Crippen LogP contribution >= 0.6 is 0 Å². The van der Waals surface area contributed by atoms with Gasteiger partial charge in [-0.05, 0) is 61.3 Å². The van der Waals surface area contributed by atoms with Gasteiger partial charge in [0.05, 0.1) is 11.4 Å². The van der Waals surface area contributed by atoms with Crippen molar-refractivity contribution in [3.05, 3.63) is 83.8 Å². The molecular weight excluding hydrogens is 344 g/mol. The van der Waals surface area contributed by atoms with Crippen molar-refractivity contribution in [1.29, 1.82) is 0 Å². The van der Waals surface area contributed by atoms with Crippen molar-refractivity contribution >= 4 is 0 Å². The van der Waals surface area contributed by atoms with Gasteiger partial charge in [-0.2, -0.15) is 0 Å². The molecular formula is C22H21F2N3. The molecule has 3 aromatic rings. The molecule has 0 aliphatic carbocycles. The zero-order chi connectivity index (χ0) is 18.6. The molecule has 0 unspecified atom stereocenters. The Labute approximate surface area is 157 Å². The van der Waals surface area contributed by atoms with E-state index in [-0.39, 0.29) is 17.6 Å². The highest BCUT2D eigenvalue weighted by atomic mass is 19.1. The van der Waals surface area contributed by atoms with E-state index in [1.165, 1.54) is 24.3 Å². The normalized spacial score (nSPS) is 17.8. The van der Waals surface area contributed by atoms with Gasteiger partial charge in [0.15, 0.2) is 0 Å². The first kappa shape index (κ1) is 17.7. The molecule has 2 heterocycles. The summed E-state index contributed by atoms with van der Waals surface area (Å²) in [4.78, 5) is 11.5. The Bertz CT molecular complexity index is 894. The van der Waals surface area contributed by atoms with Gasteiger partial charge >= 0.3 is 0 Å². The Hall–Kier alpha value is -2.66. The number of benzene rings is 2. The second kappa shape index (κ2) is 7.92. The Morgan fingerprint density at radius 3 is 2.30 bits per heavy atom. The molecule has 1 aliphatic rings. The fraction of sp³-hybridized carbons (Fsp3) is 0.273. The van der Waals surface area contributed by atoms with E-state index in [0.717, 1.165) is 55.0 Å². The summed E-state index contributed by atoms with van der Waals surface area (Å²) in [7, 11) is 0. The zero-order valence-corrected chi connectivity index (χ0v) is 15.0. The molecule has 1 saturated heterocycles. The fourth-order valence-corrected chi connectivity index (χ4v) is 3.75. The zero-order valence-electron chi connectivity index (χ0n) is 15.0. The summed E-state index contributed by atoms with van der Waals surface area (Å²) in [6.07, 6.45) is 5.53. The Morgan fingerprint density at radius 1 is 0.889 bits per heavy atom. The minimum absolute atomic E-state index is 0.209. The Kier molecular flexibility index (Phi) is 5.21. The van der Waals surface area contributed by atoms with Crippen LogP contribution in [0.1, 0.15) is 30.0 Å². The number of halogens is 2. The predicted molar refractivity (Wildman–Crippen MR) is 101 cm³/mol. The van der Waals surface area contributed by atoms with Crippen LogP contribution in [-0.4, -0.2) is 28.0 Å². The lowest BCUT2D eigenvalue weighted by molar-refractivity contribution is 0.198. The molecule has 0 radical (unpaired) electrons. The van der Waals surface area contributed by atoms with Crippen molar-refractivity contribution in [3.63, 3.8) is 0 Å². The first-order chi connectivity index (χ1) is 13.2. The number of likely N-dealkylation sites (tertiary alicyclic amines) is 1. The van der Waals surface area contributed by atoms with E-state index >= 15 is 0 Å². The highest BCUT2D eigenvalue weighted by Crippen LogP contribution is 2.32. The van der Waals surface area contributed by atoms with Crippen LogP contribution in [0, 0.1) is 11.6 Å². The van der Waals surface area contributed by atoms with Crippen molar-refractivity contribution in [2.45, 2.75) is 25.3 Å². The maximum absolute atomic E-state index is 13.3. The number of hydrogen-bond acceptors (Lipinski definition) is 3. The molecule has 0 amide bonds. The Morgan fingerprint density at radius 2 is 1.56 bits per heavy atom. The first-order valence-electron chi connectivity index (χ1n) is 9.23. The van der Waals surface area contributed by atoms with Crippen LogP contribution in [0.25, 0.3) is 11.3 Å². The molecule has 3 nitrogen and oxygen atoms in total. The summed E-state index contributed by atoms with van der Waals surface area (Å²) in [5, 5.41) is 0. The lowest BCUT2D eigenvalue weighted by Gasteiger charge is -2.33. The predicted octanol–water partition coefficient (Wildman–Crippen LogP) is 4.80. The van der Waals surface area contributed by atoms with Gasteiger partial charge in [-0.1, -0.05) is 12.1 Å². The number of hydrogen-bond donors (Lipinski definition) is 0. The largest absolute Gasteiger partial charge is 0.298 e. The second-order valence-corrected chi connectivity index (χ2v) is 7.00. The van der Waals surface area contributed by atoms with E-state index in [1.807, 2.05) is 12.1 Å². The average Bonchev–Trinajstić information content (AvgIpc) is 2.71. The van der Waals surface area contributed by atoms with Crippen LogP contribution < -0.4 is 0 Å². The molecule has 2 aromatic carbocycles. The highest BCUT2D eigenvalue weighted by Gasteiger charge is 2.25. The van der Waals surface area contributed by atoms with Gasteiger partial charge < -0.3 is 0 Å². The van der Waals surface area contributed by atoms with Crippen LogP contribution in [0.15, 0.2) is 60.9 Å². The van der Waals surface area contributed by atoms with Crippen molar-refractivity contribution in [3.8, 4) is 11.3 Å². The minimum atomic E-state index is -0.257. The quantitative estimate of drug-likeness (QED) is 0.665. The van der Waals surface area contributed by atoms with E-state index in [4.69, 9.17) is 0 Å². The number of piperidine rings is 1. The molecule has 0 bridgehead atoms. The van der Waals surface area contributed by atoms with Crippen LogP contribution in [0.2, 0.25) is 0 Å². The molecule has 27 heavy (non-hydrogen) atoms. The molecule has 0 saturated carbocycles. The standard InChI is InChI=1S/C22H21F2N3/c23-19-7-3-16(4-8-19)14-27-13-1-2-18(15-27)22-21(25-11-12-26-22)17-5-9-20(24)10-6-17/h3-12,18H,1-2,13-15H2/t18-/m1/s1. The van der Waals surface area contributed by atoms with Gasteiger partial charge in [0, 0.05) is 37.0 Å². The lowest BCUT2D eigenvalue weighted by atomic mass is 9.91. The van der Waals surface area contributed by atoms with Gasteiger partial charge in [0.2, 0.25) is 0 Å². The van der Waals surface area contributed by atoms with E-state index in [0.29, 0.717) is 0 Å². The molecule has 138 valence electrons. The average molecular weight is 365 g/mol.